The first-order valence-corrected chi connectivity index (χ1v) is 4.20. The molecule has 2 fully saturated rings. The van der Waals surface area contributed by atoms with Crippen LogP contribution in [0.1, 0.15) is 25.7 Å². The third-order valence-corrected chi connectivity index (χ3v) is 2.79. The lowest BCUT2D eigenvalue weighted by molar-refractivity contribution is 0.246. The molecule has 0 spiro atoms. The van der Waals surface area contributed by atoms with Gasteiger partial charge in [0.2, 0.25) is 0 Å². The van der Waals surface area contributed by atoms with E-state index in [9.17, 15) is 4.39 Å². The van der Waals surface area contributed by atoms with Gasteiger partial charge in [-0.05, 0) is 31.6 Å². The van der Waals surface area contributed by atoms with Crippen molar-refractivity contribution in [3.8, 4) is 0 Å². The summed E-state index contributed by atoms with van der Waals surface area (Å²) in [5.74, 6) is 0.374. The number of nitrogens with one attached hydrogen (secondary N) is 1. The second kappa shape index (κ2) is 2.50. The van der Waals surface area contributed by atoms with Gasteiger partial charge in [-0.3, -0.25) is 4.39 Å². The highest BCUT2D eigenvalue weighted by molar-refractivity contribution is 4.91. The molecule has 0 aliphatic carbocycles. The van der Waals surface area contributed by atoms with Gasteiger partial charge in [0.15, 0.2) is 0 Å². The van der Waals surface area contributed by atoms with Crippen molar-refractivity contribution in [2.75, 3.05) is 6.67 Å². The third-order valence-electron chi connectivity index (χ3n) is 2.79. The minimum Gasteiger partial charge on any atom is -0.311 e. The van der Waals surface area contributed by atoms with E-state index in [0.29, 0.717) is 18.0 Å². The molecule has 2 aliphatic rings. The van der Waals surface area contributed by atoms with Crippen molar-refractivity contribution in [1.82, 2.24) is 5.32 Å². The molecule has 0 amide bonds. The SMILES string of the molecule is FCC1C[C@H]2CC[C@@H](C1)N2. The van der Waals surface area contributed by atoms with Gasteiger partial charge in [-0.15, -0.1) is 0 Å². The van der Waals surface area contributed by atoms with E-state index in [-0.39, 0.29) is 6.67 Å². The normalized spacial score (nSPS) is 45.9. The van der Waals surface area contributed by atoms with Crippen LogP contribution in [0.2, 0.25) is 0 Å². The lowest BCUT2D eigenvalue weighted by atomic mass is 9.94. The van der Waals surface area contributed by atoms with Crippen LogP contribution in [0.4, 0.5) is 4.39 Å². The summed E-state index contributed by atoms with van der Waals surface area (Å²) in [5.41, 5.74) is 0. The number of hydrogen-bond acceptors (Lipinski definition) is 1. The lowest BCUT2D eigenvalue weighted by Gasteiger charge is -2.26. The molecule has 0 aromatic heterocycles. The molecule has 0 aromatic rings. The maximum Gasteiger partial charge on any atom is 0.0923 e. The van der Waals surface area contributed by atoms with Crippen LogP contribution >= 0.6 is 0 Å². The van der Waals surface area contributed by atoms with Crippen LogP contribution in [0.25, 0.3) is 0 Å². The molecule has 2 saturated heterocycles. The van der Waals surface area contributed by atoms with Crippen LogP contribution in [-0.2, 0) is 0 Å². The zero-order valence-corrected chi connectivity index (χ0v) is 6.15. The van der Waals surface area contributed by atoms with Crippen molar-refractivity contribution >= 4 is 0 Å². The van der Waals surface area contributed by atoms with E-state index in [4.69, 9.17) is 0 Å². The van der Waals surface area contributed by atoms with E-state index in [2.05, 4.69) is 5.32 Å². The maximum atomic E-state index is 12.2. The van der Waals surface area contributed by atoms with Gasteiger partial charge in [0.05, 0.1) is 6.67 Å². The predicted octanol–water partition coefficient (Wildman–Crippen LogP) is 1.49. The van der Waals surface area contributed by atoms with E-state index < -0.39 is 0 Å². The highest BCUT2D eigenvalue weighted by atomic mass is 19.1. The van der Waals surface area contributed by atoms with E-state index in [1.165, 1.54) is 12.8 Å². The third kappa shape index (κ3) is 1.05. The van der Waals surface area contributed by atoms with Gasteiger partial charge in [-0.25, -0.2) is 0 Å². The van der Waals surface area contributed by atoms with Gasteiger partial charge in [0, 0.05) is 12.1 Å². The largest absolute Gasteiger partial charge is 0.311 e. The Morgan fingerprint density at radius 3 is 2.30 bits per heavy atom. The first-order chi connectivity index (χ1) is 4.88. The molecule has 0 saturated carbocycles. The van der Waals surface area contributed by atoms with Crippen molar-refractivity contribution in [3.05, 3.63) is 0 Å². The average Bonchev–Trinajstić information content (AvgIpc) is 2.30. The minimum absolute atomic E-state index is 0.102. The van der Waals surface area contributed by atoms with Crippen LogP contribution in [0, 0.1) is 5.92 Å². The molecule has 10 heavy (non-hydrogen) atoms. The van der Waals surface area contributed by atoms with E-state index >= 15 is 0 Å². The highest BCUT2D eigenvalue weighted by Gasteiger charge is 2.32. The molecule has 2 aliphatic heterocycles. The summed E-state index contributed by atoms with van der Waals surface area (Å²) in [6, 6.07) is 1.30. The van der Waals surface area contributed by atoms with Crippen LogP contribution in [0.3, 0.4) is 0 Å². The van der Waals surface area contributed by atoms with Gasteiger partial charge < -0.3 is 5.32 Å². The number of hydrogen-bond donors (Lipinski definition) is 1. The fourth-order valence-electron chi connectivity index (χ4n) is 2.30. The van der Waals surface area contributed by atoms with Gasteiger partial charge >= 0.3 is 0 Å². The van der Waals surface area contributed by atoms with Gasteiger partial charge in [0.1, 0.15) is 0 Å². The molecule has 1 nitrogen and oxygen atoms in total. The number of rotatable bonds is 1. The fraction of sp³-hybridized carbons (Fsp3) is 1.00. The van der Waals surface area contributed by atoms with Crippen LogP contribution in [0.15, 0.2) is 0 Å². The summed E-state index contributed by atoms with van der Waals surface area (Å²) in [4.78, 5) is 0. The number of alkyl halides is 1. The van der Waals surface area contributed by atoms with Crippen molar-refractivity contribution in [1.29, 1.82) is 0 Å². The molecular formula is C8H14FN. The zero-order valence-electron chi connectivity index (χ0n) is 6.15. The average molecular weight is 143 g/mol. The summed E-state index contributed by atoms with van der Waals surface area (Å²) < 4.78 is 12.2. The standard InChI is InChI=1S/C8H14FN/c9-5-6-3-7-1-2-8(4-6)10-7/h6-8,10H,1-5H2/t6?,7-,8+. The second-order valence-electron chi connectivity index (χ2n) is 3.63. The summed E-state index contributed by atoms with van der Waals surface area (Å²) in [7, 11) is 0. The van der Waals surface area contributed by atoms with Crippen molar-refractivity contribution in [2.45, 2.75) is 37.8 Å². The quantitative estimate of drug-likeness (QED) is 0.586. The smallest absolute Gasteiger partial charge is 0.0923 e. The molecule has 3 atom stereocenters. The van der Waals surface area contributed by atoms with Crippen molar-refractivity contribution < 1.29 is 4.39 Å². The molecule has 2 rings (SSSR count). The van der Waals surface area contributed by atoms with E-state index in [0.717, 1.165) is 12.8 Å². The molecule has 2 bridgehead atoms. The summed E-state index contributed by atoms with van der Waals surface area (Å²) in [5, 5.41) is 3.49. The van der Waals surface area contributed by atoms with Gasteiger partial charge in [-0.1, -0.05) is 0 Å². The number of fused-ring (bicyclic) bond motifs is 2. The zero-order chi connectivity index (χ0) is 6.97. The summed E-state index contributed by atoms with van der Waals surface area (Å²) in [6.07, 6.45) is 4.71. The molecule has 0 radical (unpaired) electrons. The number of piperidine rings is 1. The fourth-order valence-corrected chi connectivity index (χ4v) is 2.30. The van der Waals surface area contributed by atoms with E-state index in [1.807, 2.05) is 0 Å². The molecule has 2 heterocycles. The summed E-state index contributed by atoms with van der Waals surface area (Å²) in [6.45, 7) is -0.102. The first-order valence-electron chi connectivity index (χ1n) is 4.20. The second-order valence-corrected chi connectivity index (χ2v) is 3.63. The minimum atomic E-state index is -0.102. The molecule has 58 valence electrons. The van der Waals surface area contributed by atoms with Gasteiger partial charge in [0.25, 0.3) is 0 Å². The topological polar surface area (TPSA) is 12.0 Å². The predicted molar refractivity (Wildman–Crippen MR) is 38.6 cm³/mol. The van der Waals surface area contributed by atoms with Crippen molar-refractivity contribution in [3.63, 3.8) is 0 Å². The number of halogens is 1. The summed E-state index contributed by atoms with van der Waals surface area (Å²) >= 11 is 0. The van der Waals surface area contributed by atoms with E-state index in [1.54, 1.807) is 0 Å². The lowest BCUT2D eigenvalue weighted by Crippen LogP contribution is -2.38. The highest BCUT2D eigenvalue weighted by Crippen LogP contribution is 2.30. The Balaban J connectivity index is 1.96. The molecule has 1 N–H and O–H groups in total. The Kier molecular flexibility index (Phi) is 1.65. The van der Waals surface area contributed by atoms with Crippen LogP contribution in [-0.4, -0.2) is 18.8 Å². The Morgan fingerprint density at radius 1 is 1.20 bits per heavy atom. The van der Waals surface area contributed by atoms with Crippen molar-refractivity contribution in [2.24, 2.45) is 5.92 Å². The Bertz CT molecular complexity index is 114. The Labute approximate surface area is 61.0 Å². The molecule has 1 unspecified atom stereocenters. The molecule has 2 heteroatoms. The molecular weight excluding hydrogens is 129 g/mol. The monoisotopic (exact) mass is 143 g/mol. The Hall–Kier alpha value is -0.110. The molecule has 0 aromatic carbocycles. The Morgan fingerprint density at radius 2 is 1.80 bits per heavy atom. The van der Waals surface area contributed by atoms with Crippen LogP contribution < -0.4 is 5.32 Å². The van der Waals surface area contributed by atoms with Crippen LogP contribution in [0.5, 0.6) is 0 Å². The maximum absolute atomic E-state index is 12.2. The first kappa shape index (κ1) is 6.59. The van der Waals surface area contributed by atoms with Gasteiger partial charge in [-0.2, -0.15) is 0 Å².